The summed E-state index contributed by atoms with van der Waals surface area (Å²) in [6.45, 7) is 2.73. The molecule has 0 aliphatic rings. The summed E-state index contributed by atoms with van der Waals surface area (Å²) >= 11 is 11.8. The van der Waals surface area contributed by atoms with Crippen LogP contribution in [0.4, 0.5) is 0 Å². The van der Waals surface area contributed by atoms with Crippen molar-refractivity contribution in [3.63, 3.8) is 0 Å². The molecular weight excluding hydrogens is 243 g/mol. The maximum Gasteiger partial charge on any atom is 0.0950 e. The minimum atomic E-state index is -0.0777. The average molecular weight is 257 g/mol. The first-order valence-corrected chi connectivity index (χ1v) is 6.00. The van der Waals surface area contributed by atoms with Gasteiger partial charge < -0.3 is 5.32 Å². The van der Waals surface area contributed by atoms with Gasteiger partial charge in [0.15, 0.2) is 0 Å². The highest BCUT2D eigenvalue weighted by Gasteiger charge is 2.04. The van der Waals surface area contributed by atoms with Crippen molar-refractivity contribution >= 4 is 23.2 Å². The van der Waals surface area contributed by atoms with Crippen LogP contribution in [-0.4, -0.2) is 12.6 Å². The highest BCUT2D eigenvalue weighted by atomic mass is 35.5. The smallest absolute Gasteiger partial charge is 0.0950 e. The Morgan fingerprint density at radius 2 is 2.19 bits per heavy atom. The molecule has 0 spiro atoms. The van der Waals surface area contributed by atoms with Gasteiger partial charge in [0.05, 0.1) is 12.1 Å². The number of hydrogen-bond acceptors (Lipinski definition) is 2. The number of nitrogens with zero attached hydrogens (tertiary/aromatic N) is 1. The number of rotatable bonds is 5. The molecule has 86 valence electrons. The quantitative estimate of drug-likeness (QED) is 0.877. The Bertz CT molecular complexity index is 385. The van der Waals surface area contributed by atoms with E-state index in [0.29, 0.717) is 10.0 Å². The topological polar surface area (TPSA) is 35.8 Å². The molecular formula is C12H14Cl2N2. The van der Waals surface area contributed by atoms with Crippen molar-refractivity contribution in [2.45, 2.75) is 25.8 Å². The average Bonchev–Trinajstić information content (AvgIpc) is 2.27. The Hall–Kier alpha value is -0.750. The van der Waals surface area contributed by atoms with E-state index in [-0.39, 0.29) is 6.04 Å². The lowest BCUT2D eigenvalue weighted by Crippen LogP contribution is -2.28. The van der Waals surface area contributed by atoms with E-state index < -0.39 is 0 Å². The predicted octanol–water partition coefficient (Wildman–Crippen LogP) is 3.43. The summed E-state index contributed by atoms with van der Waals surface area (Å²) in [5.41, 5.74) is 1.05. The Morgan fingerprint density at radius 3 is 2.75 bits per heavy atom. The third-order valence-electron chi connectivity index (χ3n) is 2.36. The Balaban J connectivity index is 2.46. The lowest BCUT2D eigenvalue weighted by molar-refractivity contribution is 0.588. The zero-order valence-electron chi connectivity index (χ0n) is 9.13. The van der Waals surface area contributed by atoms with Gasteiger partial charge in [-0.1, -0.05) is 36.2 Å². The van der Waals surface area contributed by atoms with Crippen LogP contribution < -0.4 is 5.32 Å². The molecule has 1 unspecified atom stereocenters. The van der Waals surface area contributed by atoms with Gasteiger partial charge in [-0.15, -0.1) is 0 Å². The van der Waals surface area contributed by atoms with E-state index in [0.717, 1.165) is 24.9 Å². The minimum Gasteiger partial charge on any atom is -0.302 e. The van der Waals surface area contributed by atoms with Crippen molar-refractivity contribution in [3.8, 4) is 6.07 Å². The first kappa shape index (κ1) is 13.3. The molecule has 0 aliphatic heterocycles. The largest absolute Gasteiger partial charge is 0.302 e. The molecule has 1 aromatic carbocycles. The lowest BCUT2D eigenvalue weighted by atomic mass is 10.1. The summed E-state index contributed by atoms with van der Waals surface area (Å²) in [6, 6.07) is 7.60. The number of hydrogen-bond donors (Lipinski definition) is 1. The van der Waals surface area contributed by atoms with Gasteiger partial charge in [0.25, 0.3) is 0 Å². The van der Waals surface area contributed by atoms with E-state index in [1.807, 2.05) is 19.1 Å². The minimum absolute atomic E-state index is 0.0777. The second kappa shape index (κ2) is 6.75. The summed E-state index contributed by atoms with van der Waals surface area (Å²) in [6.07, 6.45) is 1.61. The Morgan fingerprint density at radius 1 is 1.44 bits per heavy atom. The molecule has 0 saturated carbocycles. The number of nitriles is 1. The second-order valence-corrected chi connectivity index (χ2v) is 4.37. The van der Waals surface area contributed by atoms with Crippen molar-refractivity contribution in [1.82, 2.24) is 5.32 Å². The third kappa shape index (κ3) is 4.02. The van der Waals surface area contributed by atoms with Crippen LogP contribution in [0.15, 0.2) is 18.2 Å². The molecule has 0 saturated heterocycles. The van der Waals surface area contributed by atoms with Crippen molar-refractivity contribution in [1.29, 1.82) is 5.26 Å². The van der Waals surface area contributed by atoms with Crippen LogP contribution >= 0.6 is 23.2 Å². The molecule has 1 aromatic rings. The van der Waals surface area contributed by atoms with Gasteiger partial charge in [0.2, 0.25) is 0 Å². The van der Waals surface area contributed by atoms with Crippen LogP contribution in [0.5, 0.6) is 0 Å². The van der Waals surface area contributed by atoms with Crippen LogP contribution in [-0.2, 0) is 6.42 Å². The highest BCUT2D eigenvalue weighted by molar-refractivity contribution is 6.35. The third-order valence-corrected chi connectivity index (χ3v) is 2.95. The predicted molar refractivity (Wildman–Crippen MR) is 67.9 cm³/mol. The van der Waals surface area contributed by atoms with Crippen LogP contribution in [0.3, 0.4) is 0 Å². The van der Waals surface area contributed by atoms with E-state index in [4.69, 9.17) is 28.5 Å². The van der Waals surface area contributed by atoms with Crippen LogP contribution in [0, 0.1) is 11.3 Å². The van der Waals surface area contributed by atoms with Gasteiger partial charge in [0.1, 0.15) is 0 Å². The van der Waals surface area contributed by atoms with Gasteiger partial charge in [-0.3, -0.25) is 0 Å². The summed E-state index contributed by atoms with van der Waals surface area (Å²) in [7, 11) is 0. The van der Waals surface area contributed by atoms with E-state index in [2.05, 4.69) is 11.4 Å². The zero-order chi connectivity index (χ0) is 12.0. The molecule has 0 aromatic heterocycles. The van der Waals surface area contributed by atoms with Crippen molar-refractivity contribution in [2.75, 3.05) is 6.54 Å². The molecule has 0 amide bonds. The van der Waals surface area contributed by atoms with E-state index >= 15 is 0 Å². The maximum absolute atomic E-state index is 8.76. The molecule has 1 N–H and O–H groups in total. The molecule has 0 aliphatic carbocycles. The molecule has 1 atom stereocenters. The summed E-state index contributed by atoms with van der Waals surface area (Å²) in [5, 5.41) is 13.2. The van der Waals surface area contributed by atoms with Gasteiger partial charge in [0, 0.05) is 16.6 Å². The highest BCUT2D eigenvalue weighted by Crippen LogP contribution is 2.21. The fraction of sp³-hybridized carbons (Fsp3) is 0.417. The first-order chi connectivity index (χ1) is 7.67. The Labute approximate surface area is 106 Å². The molecule has 0 bridgehead atoms. The fourth-order valence-electron chi connectivity index (χ4n) is 1.39. The maximum atomic E-state index is 8.76. The molecule has 0 radical (unpaired) electrons. The van der Waals surface area contributed by atoms with Crippen molar-refractivity contribution in [3.05, 3.63) is 33.8 Å². The van der Waals surface area contributed by atoms with Crippen LogP contribution in [0.1, 0.15) is 18.9 Å². The van der Waals surface area contributed by atoms with E-state index in [1.54, 1.807) is 6.07 Å². The molecule has 4 heteroatoms. The van der Waals surface area contributed by atoms with E-state index in [9.17, 15) is 0 Å². The van der Waals surface area contributed by atoms with Crippen molar-refractivity contribution in [2.24, 2.45) is 0 Å². The van der Waals surface area contributed by atoms with Gasteiger partial charge in [-0.2, -0.15) is 5.26 Å². The fourth-order valence-corrected chi connectivity index (χ4v) is 1.89. The SMILES string of the molecule is CCC(C#N)NCCc1ccc(Cl)cc1Cl. The standard InChI is InChI=1S/C12H14Cl2N2/c1-2-11(8-15)16-6-5-9-3-4-10(13)7-12(9)14/h3-4,7,11,16H,2,5-6H2,1H3. The van der Waals surface area contributed by atoms with Gasteiger partial charge >= 0.3 is 0 Å². The van der Waals surface area contributed by atoms with Crippen LogP contribution in [0.25, 0.3) is 0 Å². The first-order valence-electron chi connectivity index (χ1n) is 5.24. The molecule has 16 heavy (non-hydrogen) atoms. The summed E-state index contributed by atoms with van der Waals surface area (Å²) < 4.78 is 0. The number of halogens is 2. The van der Waals surface area contributed by atoms with E-state index in [1.165, 1.54) is 0 Å². The Kier molecular flexibility index (Phi) is 5.62. The molecule has 0 fully saturated rings. The second-order valence-electron chi connectivity index (χ2n) is 3.53. The number of benzene rings is 1. The molecule has 0 heterocycles. The monoisotopic (exact) mass is 256 g/mol. The number of nitrogens with one attached hydrogen (secondary N) is 1. The lowest BCUT2D eigenvalue weighted by Gasteiger charge is -2.09. The van der Waals surface area contributed by atoms with Gasteiger partial charge in [-0.25, -0.2) is 0 Å². The van der Waals surface area contributed by atoms with Crippen molar-refractivity contribution < 1.29 is 0 Å². The molecule has 1 rings (SSSR count). The molecule has 2 nitrogen and oxygen atoms in total. The zero-order valence-corrected chi connectivity index (χ0v) is 10.6. The normalized spacial score (nSPS) is 12.1. The van der Waals surface area contributed by atoms with Crippen LogP contribution in [0.2, 0.25) is 10.0 Å². The summed E-state index contributed by atoms with van der Waals surface area (Å²) in [5.74, 6) is 0. The summed E-state index contributed by atoms with van der Waals surface area (Å²) in [4.78, 5) is 0. The van der Waals surface area contributed by atoms with Gasteiger partial charge in [-0.05, 0) is 30.5 Å².